The van der Waals surface area contributed by atoms with Crippen molar-refractivity contribution < 1.29 is 9.59 Å². The highest BCUT2D eigenvalue weighted by Gasteiger charge is 2.26. The number of nitrogens with zero attached hydrogens (tertiary/aromatic N) is 3. The molecule has 1 saturated heterocycles. The van der Waals surface area contributed by atoms with Crippen molar-refractivity contribution in [3.63, 3.8) is 0 Å². The van der Waals surface area contributed by atoms with Crippen LogP contribution in [0.4, 0.5) is 0 Å². The topological polar surface area (TPSA) is 91.0 Å². The van der Waals surface area contributed by atoms with Gasteiger partial charge in [-0.15, -0.1) is 0 Å². The van der Waals surface area contributed by atoms with Gasteiger partial charge in [0.05, 0.1) is 6.20 Å². The van der Waals surface area contributed by atoms with Crippen LogP contribution in [0.5, 0.6) is 0 Å². The Bertz CT molecular complexity index is 435. The Morgan fingerprint density at radius 3 is 2.63 bits per heavy atom. The van der Waals surface area contributed by atoms with Gasteiger partial charge in [-0.3, -0.25) is 9.59 Å². The second kappa shape index (κ2) is 5.81. The Balaban J connectivity index is 1.82. The van der Waals surface area contributed by atoms with Gasteiger partial charge < -0.3 is 10.2 Å². The van der Waals surface area contributed by atoms with Crippen molar-refractivity contribution in [1.29, 1.82) is 0 Å². The van der Waals surface area contributed by atoms with E-state index >= 15 is 0 Å². The largest absolute Gasteiger partial charge is 0.353 e. The number of H-pyrrole nitrogens is 1. The zero-order valence-corrected chi connectivity index (χ0v) is 11.2. The van der Waals surface area contributed by atoms with Crippen LogP contribution < -0.4 is 5.32 Å². The number of hydrogen-bond donors (Lipinski definition) is 2. The summed E-state index contributed by atoms with van der Waals surface area (Å²) in [6, 6.07) is 0.163. The molecule has 1 aromatic rings. The van der Waals surface area contributed by atoms with Crippen LogP contribution in [0.15, 0.2) is 6.20 Å². The lowest BCUT2D eigenvalue weighted by Gasteiger charge is -2.32. The van der Waals surface area contributed by atoms with E-state index in [-0.39, 0.29) is 23.8 Å². The molecule has 7 nitrogen and oxygen atoms in total. The zero-order valence-electron chi connectivity index (χ0n) is 11.2. The number of piperidine rings is 1. The number of aromatic nitrogens is 3. The van der Waals surface area contributed by atoms with Crippen molar-refractivity contribution in [3.8, 4) is 0 Å². The van der Waals surface area contributed by atoms with Crippen LogP contribution in [-0.4, -0.2) is 51.3 Å². The van der Waals surface area contributed by atoms with Gasteiger partial charge in [0.1, 0.15) is 0 Å². The zero-order chi connectivity index (χ0) is 13.8. The Kier molecular flexibility index (Phi) is 4.13. The van der Waals surface area contributed by atoms with Crippen LogP contribution in [0, 0.1) is 5.92 Å². The molecule has 2 rings (SSSR count). The van der Waals surface area contributed by atoms with Crippen LogP contribution in [0.2, 0.25) is 0 Å². The molecule has 1 aliphatic heterocycles. The molecule has 0 aliphatic carbocycles. The maximum atomic E-state index is 12.0. The molecule has 0 atom stereocenters. The number of likely N-dealkylation sites (tertiary alicyclic amines) is 1. The first-order chi connectivity index (χ1) is 9.08. The van der Waals surface area contributed by atoms with Gasteiger partial charge in [0.25, 0.3) is 5.91 Å². The number of nitrogens with one attached hydrogen (secondary N) is 2. The number of carbonyl (C=O) groups is 2. The first-order valence-corrected chi connectivity index (χ1v) is 6.53. The SMILES string of the molecule is CC(C)C(=O)NC1CCN(C(=O)c2cn[nH]n2)CC1. The smallest absolute Gasteiger partial charge is 0.276 e. The molecule has 19 heavy (non-hydrogen) atoms. The Labute approximate surface area is 111 Å². The van der Waals surface area contributed by atoms with E-state index in [0.717, 1.165) is 12.8 Å². The minimum atomic E-state index is -0.109. The molecule has 2 heterocycles. The third kappa shape index (κ3) is 3.30. The van der Waals surface area contributed by atoms with Crippen molar-refractivity contribution in [2.45, 2.75) is 32.7 Å². The van der Waals surface area contributed by atoms with E-state index < -0.39 is 0 Å². The van der Waals surface area contributed by atoms with Gasteiger partial charge in [-0.05, 0) is 12.8 Å². The molecule has 2 amide bonds. The molecule has 0 saturated carbocycles. The Hall–Kier alpha value is -1.92. The second-order valence-corrected chi connectivity index (χ2v) is 5.09. The number of rotatable bonds is 3. The first kappa shape index (κ1) is 13.5. The lowest BCUT2D eigenvalue weighted by molar-refractivity contribution is -0.124. The van der Waals surface area contributed by atoms with Gasteiger partial charge in [0, 0.05) is 25.0 Å². The second-order valence-electron chi connectivity index (χ2n) is 5.09. The minimum Gasteiger partial charge on any atom is -0.353 e. The molecular weight excluding hydrogens is 246 g/mol. The van der Waals surface area contributed by atoms with Gasteiger partial charge >= 0.3 is 0 Å². The number of aromatic amines is 1. The minimum absolute atomic E-state index is 0.00482. The third-order valence-corrected chi connectivity index (χ3v) is 3.29. The van der Waals surface area contributed by atoms with E-state index in [1.165, 1.54) is 6.20 Å². The van der Waals surface area contributed by atoms with Crippen molar-refractivity contribution >= 4 is 11.8 Å². The average Bonchev–Trinajstić information content (AvgIpc) is 2.92. The highest BCUT2D eigenvalue weighted by molar-refractivity contribution is 5.91. The summed E-state index contributed by atoms with van der Waals surface area (Å²) in [6.45, 7) is 5.01. The molecule has 2 N–H and O–H groups in total. The maximum Gasteiger partial charge on any atom is 0.276 e. The average molecular weight is 265 g/mol. The molecule has 0 spiro atoms. The van der Waals surface area contributed by atoms with Gasteiger partial charge in [0.15, 0.2) is 5.69 Å². The van der Waals surface area contributed by atoms with Crippen LogP contribution in [0.1, 0.15) is 37.2 Å². The molecule has 0 radical (unpaired) electrons. The maximum absolute atomic E-state index is 12.0. The van der Waals surface area contributed by atoms with E-state index in [1.807, 2.05) is 13.8 Å². The summed E-state index contributed by atoms with van der Waals surface area (Å²) in [5, 5.41) is 12.9. The van der Waals surface area contributed by atoms with Crippen molar-refractivity contribution in [2.75, 3.05) is 13.1 Å². The van der Waals surface area contributed by atoms with Crippen LogP contribution in [0.25, 0.3) is 0 Å². The summed E-state index contributed by atoms with van der Waals surface area (Å²) in [5.74, 6) is -0.0431. The standard InChI is InChI=1S/C12H19N5O2/c1-8(2)11(18)14-9-3-5-17(6-4-9)12(19)10-7-13-16-15-10/h7-9H,3-6H2,1-2H3,(H,14,18)(H,13,15,16). The highest BCUT2D eigenvalue weighted by atomic mass is 16.2. The highest BCUT2D eigenvalue weighted by Crippen LogP contribution is 2.13. The first-order valence-electron chi connectivity index (χ1n) is 6.53. The summed E-state index contributed by atoms with van der Waals surface area (Å²) < 4.78 is 0. The van der Waals surface area contributed by atoms with Crippen molar-refractivity contribution in [3.05, 3.63) is 11.9 Å². The fraction of sp³-hybridized carbons (Fsp3) is 0.667. The van der Waals surface area contributed by atoms with Gasteiger partial charge in [-0.1, -0.05) is 13.8 Å². The van der Waals surface area contributed by atoms with Crippen LogP contribution >= 0.6 is 0 Å². The summed E-state index contributed by atoms with van der Waals surface area (Å²) in [5.41, 5.74) is 0.338. The fourth-order valence-electron chi connectivity index (χ4n) is 2.06. The van der Waals surface area contributed by atoms with E-state index in [1.54, 1.807) is 4.90 Å². The predicted molar refractivity (Wildman–Crippen MR) is 68.3 cm³/mol. The molecule has 104 valence electrons. The molecule has 7 heteroatoms. The normalized spacial score (nSPS) is 16.7. The summed E-state index contributed by atoms with van der Waals surface area (Å²) in [6.07, 6.45) is 2.99. The fourth-order valence-corrected chi connectivity index (χ4v) is 2.06. The van der Waals surface area contributed by atoms with Crippen LogP contribution in [-0.2, 0) is 4.79 Å². The quantitative estimate of drug-likeness (QED) is 0.815. The van der Waals surface area contributed by atoms with Gasteiger partial charge in [-0.2, -0.15) is 15.4 Å². The predicted octanol–water partition coefficient (Wildman–Crippen LogP) is 0.182. The number of hydrogen-bond acceptors (Lipinski definition) is 4. The van der Waals surface area contributed by atoms with Crippen LogP contribution in [0.3, 0.4) is 0 Å². The van der Waals surface area contributed by atoms with E-state index in [9.17, 15) is 9.59 Å². The lowest BCUT2D eigenvalue weighted by Crippen LogP contribution is -2.47. The molecule has 1 aliphatic rings. The number of amides is 2. The van der Waals surface area contributed by atoms with E-state index in [0.29, 0.717) is 18.8 Å². The summed E-state index contributed by atoms with van der Waals surface area (Å²) in [7, 11) is 0. The number of carbonyl (C=O) groups excluding carboxylic acids is 2. The lowest BCUT2D eigenvalue weighted by atomic mass is 10.0. The van der Waals surface area contributed by atoms with E-state index in [2.05, 4.69) is 20.7 Å². The van der Waals surface area contributed by atoms with Crippen molar-refractivity contribution in [1.82, 2.24) is 25.6 Å². The molecule has 0 aromatic carbocycles. The summed E-state index contributed by atoms with van der Waals surface area (Å²) in [4.78, 5) is 25.4. The van der Waals surface area contributed by atoms with Gasteiger partial charge in [0.2, 0.25) is 5.91 Å². The molecule has 0 bridgehead atoms. The third-order valence-electron chi connectivity index (χ3n) is 3.29. The van der Waals surface area contributed by atoms with Crippen molar-refractivity contribution in [2.24, 2.45) is 5.92 Å². The molecule has 0 unspecified atom stereocenters. The Morgan fingerprint density at radius 1 is 1.42 bits per heavy atom. The van der Waals surface area contributed by atoms with E-state index in [4.69, 9.17) is 0 Å². The molecular formula is C12H19N5O2. The summed E-state index contributed by atoms with van der Waals surface area (Å²) >= 11 is 0. The molecule has 1 aromatic heterocycles. The monoisotopic (exact) mass is 265 g/mol. The Morgan fingerprint density at radius 2 is 2.11 bits per heavy atom. The molecule has 1 fully saturated rings. The van der Waals surface area contributed by atoms with Gasteiger partial charge in [-0.25, -0.2) is 0 Å².